The Morgan fingerprint density at radius 2 is 2.14 bits per heavy atom. The van der Waals surface area contributed by atoms with Crippen LogP contribution >= 0.6 is 0 Å². The Labute approximate surface area is 118 Å². The number of anilines is 1. The Morgan fingerprint density at radius 3 is 2.81 bits per heavy atom. The van der Waals surface area contributed by atoms with E-state index in [1.165, 1.54) is 23.1 Å². The molecule has 1 aliphatic rings. The zero-order chi connectivity index (χ0) is 15.0. The van der Waals surface area contributed by atoms with Crippen molar-refractivity contribution >= 4 is 23.6 Å². The highest BCUT2D eigenvalue weighted by atomic mass is 16.6. The van der Waals surface area contributed by atoms with Crippen molar-refractivity contribution in [1.29, 1.82) is 0 Å². The molecular weight excluding hydrogens is 276 g/mol. The number of carbonyl (C=O) groups excluding carboxylic acids is 2. The summed E-state index contributed by atoms with van der Waals surface area (Å²) >= 11 is 0. The number of furan rings is 1. The molecule has 0 fully saturated rings. The number of hydrogen-bond donors (Lipinski definition) is 0. The molecule has 0 saturated heterocycles. The molecule has 7 heteroatoms. The summed E-state index contributed by atoms with van der Waals surface area (Å²) in [7, 11) is 0. The molecule has 1 aromatic heterocycles. The van der Waals surface area contributed by atoms with Crippen molar-refractivity contribution in [1.82, 2.24) is 0 Å². The number of amides is 1. The average Bonchev–Trinajstić information content (AvgIpc) is 3.04. The van der Waals surface area contributed by atoms with Gasteiger partial charge < -0.3 is 9.32 Å². The van der Waals surface area contributed by atoms with Crippen LogP contribution in [0.4, 0.5) is 11.4 Å². The Hall–Kier alpha value is -2.96. The molecule has 0 atom stereocenters. The normalized spacial score (nSPS) is 13.3. The summed E-state index contributed by atoms with van der Waals surface area (Å²) < 4.78 is 5.25. The minimum atomic E-state index is -0.490. The van der Waals surface area contributed by atoms with Gasteiger partial charge in [-0.05, 0) is 23.8 Å². The van der Waals surface area contributed by atoms with E-state index in [-0.39, 0.29) is 30.3 Å². The number of non-ortho nitro benzene ring substituents is 1. The summed E-state index contributed by atoms with van der Waals surface area (Å²) in [6, 6.07) is 7.48. The maximum atomic E-state index is 12.0. The minimum Gasteiger partial charge on any atom is -0.456 e. The lowest BCUT2D eigenvalue weighted by atomic mass is 10.1. The van der Waals surface area contributed by atoms with Crippen molar-refractivity contribution in [2.45, 2.75) is 13.0 Å². The van der Waals surface area contributed by atoms with Gasteiger partial charge in [-0.15, -0.1) is 0 Å². The third-order valence-electron chi connectivity index (χ3n) is 3.32. The monoisotopic (exact) mass is 286 g/mol. The first-order chi connectivity index (χ1) is 10.1. The smallest absolute Gasteiger partial charge is 0.269 e. The second-order valence-electron chi connectivity index (χ2n) is 4.65. The van der Waals surface area contributed by atoms with Crippen LogP contribution in [0.15, 0.2) is 34.7 Å². The molecule has 106 valence electrons. The van der Waals surface area contributed by atoms with Crippen molar-refractivity contribution in [3.8, 4) is 0 Å². The van der Waals surface area contributed by atoms with E-state index in [9.17, 15) is 19.7 Å². The van der Waals surface area contributed by atoms with Crippen LogP contribution in [0.25, 0.3) is 0 Å². The molecule has 0 unspecified atom stereocenters. The Balaban J connectivity index is 1.90. The fourth-order valence-electron chi connectivity index (χ4n) is 2.36. The molecule has 0 N–H and O–H groups in total. The molecule has 0 aliphatic carbocycles. The van der Waals surface area contributed by atoms with Crippen LogP contribution in [0.1, 0.15) is 21.9 Å². The summed E-state index contributed by atoms with van der Waals surface area (Å²) in [5, 5.41) is 10.7. The molecule has 0 saturated carbocycles. The fourth-order valence-corrected chi connectivity index (χ4v) is 2.36. The standard InChI is InChI=1S/C14H10N2O5/c17-8-12-3-2-11(21-12)7-15-13-4-1-10(16(19)20)5-9(13)6-14(15)18/h1-5,8H,6-7H2. The Morgan fingerprint density at radius 1 is 1.33 bits per heavy atom. The maximum Gasteiger partial charge on any atom is 0.269 e. The zero-order valence-electron chi connectivity index (χ0n) is 10.8. The lowest BCUT2D eigenvalue weighted by Crippen LogP contribution is -2.25. The van der Waals surface area contributed by atoms with Crippen LogP contribution in [-0.2, 0) is 17.8 Å². The van der Waals surface area contributed by atoms with Crippen molar-refractivity contribution in [2.75, 3.05) is 4.90 Å². The van der Waals surface area contributed by atoms with Gasteiger partial charge in [0.1, 0.15) is 5.76 Å². The predicted molar refractivity (Wildman–Crippen MR) is 72.1 cm³/mol. The summed E-state index contributed by atoms with van der Waals surface area (Å²) in [4.78, 5) is 34.4. The van der Waals surface area contributed by atoms with E-state index in [0.29, 0.717) is 23.3 Å². The maximum absolute atomic E-state index is 12.0. The van der Waals surface area contributed by atoms with Gasteiger partial charge in [0, 0.05) is 17.8 Å². The number of nitrogens with zero attached hydrogens (tertiary/aromatic N) is 2. The number of aldehydes is 1. The van der Waals surface area contributed by atoms with Gasteiger partial charge in [-0.2, -0.15) is 0 Å². The SMILES string of the molecule is O=Cc1ccc(CN2C(=O)Cc3cc([N+](=O)[O-])ccc32)o1. The molecule has 1 amide bonds. The largest absolute Gasteiger partial charge is 0.456 e. The van der Waals surface area contributed by atoms with E-state index < -0.39 is 4.92 Å². The minimum absolute atomic E-state index is 0.0374. The lowest BCUT2D eigenvalue weighted by molar-refractivity contribution is -0.384. The average molecular weight is 286 g/mol. The number of hydrogen-bond acceptors (Lipinski definition) is 5. The summed E-state index contributed by atoms with van der Waals surface area (Å²) in [6.07, 6.45) is 0.713. The van der Waals surface area contributed by atoms with E-state index in [1.54, 1.807) is 12.1 Å². The molecule has 1 aromatic carbocycles. The number of nitro groups is 1. The predicted octanol–water partition coefficient (Wildman–Crippen LogP) is 2.09. The van der Waals surface area contributed by atoms with E-state index in [2.05, 4.69) is 0 Å². The van der Waals surface area contributed by atoms with Gasteiger partial charge in [-0.1, -0.05) is 0 Å². The number of carbonyl (C=O) groups is 2. The molecule has 2 aromatic rings. The number of rotatable bonds is 4. The molecule has 0 spiro atoms. The van der Waals surface area contributed by atoms with Gasteiger partial charge in [0.15, 0.2) is 12.0 Å². The molecule has 0 bridgehead atoms. The quantitative estimate of drug-likeness (QED) is 0.487. The van der Waals surface area contributed by atoms with Gasteiger partial charge in [0.05, 0.1) is 17.9 Å². The first-order valence-electron chi connectivity index (χ1n) is 6.20. The van der Waals surface area contributed by atoms with Crippen LogP contribution in [0, 0.1) is 10.1 Å². The van der Waals surface area contributed by atoms with Crippen molar-refractivity contribution in [3.63, 3.8) is 0 Å². The van der Waals surface area contributed by atoms with Crippen molar-refractivity contribution < 1.29 is 18.9 Å². The third kappa shape index (κ3) is 2.29. The topological polar surface area (TPSA) is 93.7 Å². The van der Waals surface area contributed by atoms with Crippen molar-refractivity contribution in [3.05, 3.63) is 57.5 Å². The fraction of sp³-hybridized carbons (Fsp3) is 0.143. The van der Waals surface area contributed by atoms with Gasteiger partial charge in [-0.25, -0.2) is 0 Å². The van der Waals surface area contributed by atoms with Crippen LogP contribution in [0.5, 0.6) is 0 Å². The highest BCUT2D eigenvalue weighted by Gasteiger charge is 2.29. The van der Waals surface area contributed by atoms with Gasteiger partial charge in [-0.3, -0.25) is 19.7 Å². The number of benzene rings is 1. The zero-order valence-corrected chi connectivity index (χ0v) is 10.8. The first kappa shape index (κ1) is 13.0. The van der Waals surface area contributed by atoms with E-state index in [0.717, 1.165) is 0 Å². The highest BCUT2D eigenvalue weighted by Crippen LogP contribution is 2.33. The summed E-state index contributed by atoms with van der Waals surface area (Å²) in [5.41, 5.74) is 1.22. The number of fused-ring (bicyclic) bond motifs is 1. The van der Waals surface area contributed by atoms with Crippen LogP contribution in [0.3, 0.4) is 0 Å². The second kappa shape index (κ2) is 4.86. The van der Waals surface area contributed by atoms with Crippen LogP contribution in [0.2, 0.25) is 0 Å². The van der Waals surface area contributed by atoms with Crippen molar-refractivity contribution in [2.24, 2.45) is 0 Å². The summed E-state index contributed by atoms with van der Waals surface area (Å²) in [6.45, 7) is 0.192. The van der Waals surface area contributed by atoms with Crippen LogP contribution in [-0.4, -0.2) is 17.1 Å². The van der Waals surface area contributed by atoms with E-state index >= 15 is 0 Å². The van der Waals surface area contributed by atoms with Gasteiger partial charge in [0.2, 0.25) is 5.91 Å². The van der Waals surface area contributed by atoms with E-state index in [4.69, 9.17) is 4.42 Å². The first-order valence-corrected chi connectivity index (χ1v) is 6.20. The summed E-state index contributed by atoms with van der Waals surface area (Å²) in [5.74, 6) is 0.520. The third-order valence-corrected chi connectivity index (χ3v) is 3.32. The molecule has 7 nitrogen and oxygen atoms in total. The van der Waals surface area contributed by atoms with Crippen LogP contribution < -0.4 is 4.90 Å². The second-order valence-corrected chi connectivity index (χ2v) is 4.65. The molecule has 0 radical (unpaired) electrons. The lowest BCUT2D eigenvalue weighted by Gasteiger charge is -2.15. The Kier molecular flexibility index (Phi) is 3.02. The molecule has 2 heterocycles. The van der Waals surface area contributed by atoms with Gasteiger partial charge >= 0.3 is 0 Å². The Bertz CT molecular complexity index is 750. The molecule has 3 rings (SSSR count). The number of nitro benzene ring substituents is 1. The molecule has 1 aliphatic heterocycles. The van der Waals surface area contributed by atoms with Gasteiger partial charge in [0.25, 0.3) is 5.69 Å². The molecular formula is C14H10N2O5. The highest BCUT2D eigenvalue weighted by molar-refractivity contribution is 6.01. The molecule has 21 heavy (non-hydrogen) atoms. The van der Waals surface area contributed by atoms with E-state index in [1.807, 2.05) is 0 Å².